The predicted octanol–water partition coefficient (Wildman–Crippen LogP) is 14.1. The second-order valence-corrected chi connectivity index (χ2v) is 13.3. The molecular weight excluding hydrogens is 653 g/mol. The van der Waals surface area contributed by atoms with Crippen LogP contribution < -0.4 is 0 Å². The van der Waals surface area contributed by atoms with Gasteiger partial charge in [0.1, 0.15) is 6.10 Å². The summed E-state index contributed by atoms with van der Waals surface area (Å²) in [7, 11) is 0. The van der Waals surface area contributed by atoms with Crippen LogP contribution in [0.3, 0.4) is 0 Å². The van der Waals surface area contributed by atoms with Crippen LogP contribution in [0.15, 0.2) is 122 Å². The molecule has 0 aliphatic heterocycles. The molecule has 0 aliphatic rings. The second kappa shape index (κ2) is 44.9. The summed E-state index contributed by atoms with van der Waals surface area (Å²) in [6.07, 6.45) is 66.9. The maximum Gasteiger partial charge on any atom is 0.306 e. The number of aliphatic hydroxyl groups is 1. The number of hydrogen-bond donors (Lipinski definition) is 1. The molecule has 0 aromatic carbocycles. The van der Waals surface area contributed by atoms with Gasteiger partial charge in [-0.15, -0.1) is 0 Å². The first-order valence-corrected chi connectivity index (χ1v) is 21.1. The third-order valence-electron chi connectivity index (χ3n) is 8.28. The zero-order chi connectivity index (χ0) is 38.4. The number of allylic oxidation sites excluding steroid dienone is 20. The number of carbonyl (C=O) groups excluding carboxylic acids is 1. The van der Waals surface area contributed by atoms with E-state index in [1.165, 1.54) is 44.9 Å². The van der Waals surface area contributed by atoms with Gasteiger partial charge in [0.25, 0.3) is 0 Å². The van der Waals surface area contributed by atoms with Crippen LogP contribution in [-0.2, 0) is 14.3 Å². The van der Waals surface area contributed by atoms with Gasteiger partial charge in [0.2, 0.25) is 0 Å². The predicted molar refractivity (Wildman–Crippen MR) is 232 cm³/mol. The van der Waals surface area contributed by atoms with E-state index in [1.54, 1.807) is 0 Å². The highest BCUT2D eigenvalue weighted by atomic mass is 16.6. The molecule has 4 nitrogen and oxygen atoms in total. The van der Waals surface area contributed by atoms with Crippen molar-refractivity contribution in [1.29, 1.82) is 0 Å². The SMILES string of the molecule is CC/C=C\C/C=C\C/C=C\C/C=C\C/C=C\C/C=C\C/C=C\CCCC(=O)OC(CO)COCCCCCCCCCC/C=C\C/C=C\C/C=C\CC. The zero-order valence-electron chi connectivity index (χ0n) is 34.0. The minimum absolute atomic E-state index is 0.207. The molecule has 0 radical (unpaired) electrons. The van der Waals surface area contributed by atoms with Crippen LogP contribution >= 0.6 is 0 Å². The summed E-state index contributed by atoms with van der Waals surface area (Å²) >= 11 is 0. The molecule has 1 atom stereocenters. The van der Waals surface area contributed by atoms with Crippen LogP contribution in [0.5, 0.6) is 0 Å². The molecule has 0 heterocycles. The Labute approximate surface area is 327 Å². The summed E-state index contributed by atoms with van der Waals surface area (Å²) in [5.41, 5.74) is 0. The van der Waals surface area contributed by atoms with Crippen LogP contribution in [-0.4, -0.2) is 37.0 Å². The van der Waals surface area contributed by atoms with E-state index in [0.29, 0.717) is 13.0 Å². The van der Waals surface area contributed by atoms with Crippen molar-refractivity contribution >= 4 is 5.97 Å². The van der Waals surface area contributed by atoms with Gasteiger partial charge < -0.3 is 14.6 Å². The van der Waals surface area contributed by atoms with Gasteiger partial charge in [-0.1, -0.05) is 174 Å². The molecule has 0 fully saturated rings. The average Bonchev–Trinajstić information content (AvgIpc) is 3.16. The van der Waals surface area contributed by atoms with E-state index in [4.69, 9.17) is 9.47 Å². The molecule has 4 heteroatoms. The Kier molecular flexibility index (Phi) is 42.2. The number of carbonyl (C=O) groups is 1. The summed E-state index contributed by atoms with van der Waals surface area (Å²) in [6.45, 7) is 5.02. The summed E-state index contributed by atoms with van der Waals surface area (Å²) in [5.74, 6) is -0.266. The van der Waals surface area contributed by atoms with Gasteiger partial charge >= 0.3 is 5.97 Å². The first-order chi connectivity index (χ1) is 26.2. The highest BCUT2D eigenvalue weighted by molar-refractivity contribution is 5.69. The van der Waals surface area contributed by atoms with Gasteiger partial charge in [0.15, 0.2) is 0 Å². The smallest absolute Gasteiger partial charge is 0.306 e. The summed E-state index contributed by atoms with van der Waals surface area (Å²) in [5, 5.41) is 9.59. The number of rotatable bonds is 37. The van der Waals surface area contributed by atoms with Crippen LogP contribution in [0.2, 0.25) is 0 Å². The number of esters is 1. The summed E-state index contributed by atoms with van der Waals surface area (Å²) in [4.78, 5) is 12.2. The van der Waals surface area contributed by atoms with E-state index in [9.17, 15) is 9.90 Å². The zero-order valence-corrected chi connectivity index (χ0v) is 34.0. The fourth-order valence-corrected chi connectivity index (χ4v) is 5.21. The monoisotopic (exact) mass is 731 g/mol. The van der Waals surface area contributed by atoms with E-state index in [2.05, 4.69) is 135 Å². The summed E-state index contributed by atoms with van der Waals surface area (Å²) in [6, 6.07) is 0. The minimum atomic E-state index is -0.578. The van der Waals surface area contributed by atoms with Crippen molar-refractivity contribution < 1.29 is 19.4 Å². The molecule has 0 aromatic rings. The van der Waals surface area contributed by atoms with Crippen molar-refractivity contribution in [2.75, 3.05) is 19.8 Å². The van der Waals surface area contributed by atoms with Gasteiger partial charge in [-0.05, 0) is 96.3 Å². The highest BCUT2D eigenvalue weighted by Gasteiger charge is 2.13. The van der Waals surface area contributed by atoms with Crippen molar-refractivity contribution in [2.24, 2.45) is 0 Å². The lowest BCUT2D eigenvalue weighted by molar-refractivity contribution is -0.154. The van der Waals surface area contributed by atoms with E-state index in [0.717, 1.165) is 89.9 Å². The molecule has 0 saturated carbocycles. The van der Waals surface area contributed by atoms with Gasteiger partial charge in [-0.3, -0.25) is 4.79 Å². The van der Waals surface area contributed by atoms with Crippen molar-refractivity contribution in [1.82, 2.24) is 0 Å². The lowest BCUT2D eigenvalue weighted by Gasteiger charge is -2.15. The first-order valence-electron chi connectivity index (χ1n) is 21.1. The third-order valence-corrected chi connectivity index (χ3v) is 8.28. The topological polar surface area (TPSA) is 55.8 Å². The second-order valence-electron chi connectivity index (χ2n) is 13.3. The molecule has 0 aromatic heterocycles. The average molecular weight is 731 g/mol. The Morgan fingerprint density at radius 2 is 0.792 bits per heavy atom. The first kappa shape index (κ1) is 49.8. The van der Waals surface area contributed by atoms with E-state index < -0.39 is 6.10 Å². The van der Waals surface area contributed by atoms with E-state index >= 15 is 0 Å². The number of unbranched alkanes of at least 4 members (excludes halogenated alkanes) is 9. The molecule has 298 valence electrons. The van der Waals surface area contributed by atoms with Crippen LogP contribution in [0.4, 0.5) is 0 Å². The largest absolute Gasteiger partial charge is 0.457 e. The molecule has 1 unspecified atom stereocenters. The number of ether oxygens (including phenoxy) is 2. The molecule has 53 heavy (non-hydrogen) atoms. The molecule has 0 saturated heterocycles. The maximum atomic E-state index is 12.2. The van der Waals surface area contributed by atoms with Gasteiger partial charge in [0.05, 0.1) is 13.2 Å². The standard InChI is InChI=1S/C49H78O4/c1-3-5-7-9-11-13-15-17-19-21-23-24-25-26-27-28-30-32-34-36-38-40-42-44-49(51)53-48(46-50)47-52-45-43-41-39-37-35-33-31-29-22-20-18-16-14-12-10-8-6-4-2/h5-8,11-14,17-20,23-24,26-27,30,32,36,38,48,50H,3-4,9-10,15-16,21-22,25,28-29,31,33-35,37,39-47H2,1-2H3/b7-5-,8-6-,13-11-,14-12-,19-17-,20-18-,24-23-,27-26-,32-30-,38-36-. The van der Waals surface area contributed by atoms with Gasteiger partial charge in [-0.2, -0.15) is 0 Å². The Morgan fingerprint density at radius 1 is 0.453 bits per heavy atom. The number of hydrogen-bond acceptors (Lipinski definition) is 4. The minimum Gasteiger partial charge on any atom is -0.457 e. The molecule has 1 N–H and O–H groups in total. The summed E-state index contributed by atoms with van der Waals surface area (Å²) < 4.78 is 11.1. The van der Waals surface area contributed by atoms with Gasteiger partial charge in [0, 0.05) is 13.0 Å². The molecule has 0 spiro atoms. The normalized spacial score (nSPS) is 13.6. The molecule has 0 rings (SSSR count). The lowest BCUT2D eigenvalue weighted by Crippen LogP contribution is -2.27. The molecule has 0 aliphatic carbocycles. The van der Waals surface area contributed by atoms with Gasteiger partial charge in [-0.25, -0.2) is 0 Å². The third kappa shape index (κ3) is 43.1. The lowest BCUT2D eigenvalue weighted by atomic mass is 10.1. The fourth-order valence-electron chi connectivity index (χ4n) is 5.21. The quantitative estimate of drug-likeness (QED) is 0.0393. The van der Waals surface area contributed by atoms with Crippen molar-refractivity contribution in [3.05, 3.63) is 122 Å². The number of aliphatic hydroxyl groups excluding tert-OH is 1. The van der Waals surface area contributed by atoms with E-state index in [1.807, 2.05) is 0 Å². The Morgan fingerprint density at radius 3 is 1.19 bits per heavy atom. The maximum absolute atomic E-state index is 12.2. The Bertz CT molecular complexity index is 1080. The van der Waals surface area contributed by atoms with E-state index in [-0.39, 0.29) is 19.2 Å². The highest BCUT2D eigenvalue weighted by Crippen LogP contribution is 2.11. The van der Waals surface area contributed by atoms with Crippen molar-refractivity contribution in [3.63, 3.8) is 0 Å². The fraction of sp³-hybridized carbons (Fsp3) is 0.571. The Hall–Kier alpha value is -3.21. The van der Waals surface area contributed by atoms with Crippen LogP contribution in [0, 0.1) is 0 Å². The molecule has 0 bridgehead atoms. The molecule has 0 amide bonds. The molecular formula is C49H78O4. The van der Waals surface area contributed by atoms with Crippen molar-refractivity contribution in [2.45, 2.75) is 161 Å². The van der Waals surface area contributed by atoms with Crippen molar-refractivity contribution in [3.8, 4) is 0 Å². The van der Waals surface area contributed by atoms with Crippen LogP contribution in [0.1, 0.15) is 155 Å². The van der Waals surface area contributed by atoms with Crippen LogP contribution in [0.25, 0.3) is 0 Å². The Balaban J connectivity index is 3.63.